The van der Waals surface area contributed by atoms with Crippen LogP contribution in [0.2, 0.25) is 0 Å². The topological polar surface area (TPSA) is 58.4 Å². The van der Waals surface area contributed by atoms with Crippen LogP contribution >= 0.6 is 11.3 Å². The molecule has 0 aliphatic carbocycles. The molecule has 0 atom stereocenters. The fraction of sp³-hybridized carbons (Fsp3) is 0.438. The number of carbonyl (C=O) groups is 1. The fourth-order valence-electron chi connectivity index (χ4n) is 2.77. The lowest BCUT2D eigenvalue weighted by atomic mass is 10.3. The van der Waals surface area contributed by atoms with E-state index in [1.807, 2.05) is 36.5 Å². The average molecular weight is 332 g/mol. The first-order chi connectivity index (χ1) is 11.0. The third-order valence-electron chi connectivity index (χ3n) is 3.78. The molecule has 0 aromatic carbocycles. The SMILES string of the molecule is CN(C)Cc1cc(=O)n2c(n1)CN(C(=O)c1cccs1)CCC2. The number of aromatic nitrogens is 2. The molecule has 7 heteroatoms. The summed E-state index contributed by atoms with van der Waals surface area (Å²) in [7, 11) is 3.88. The van der Waals surface area contributed by atoms with E-state index >= 15 is 0 Å². The quantitative estimate of drug-likeness (QED) is 0.853. The maximum atomic E-state index is 12.6. The first kappa shape index (κ1) is 15.9. The van der Waals surface area contributed by atoms with Gasteiger partial charge in [-0.05, 0) is 32.0 Å². The van der Waals surface area contributed by atoms with Gasteiger partial charge < -0.3 is 9.80 Å². The Morgan fingerprint density at radius 1 is 1.39 bits per heavy atom. The van der Waals surface area contributed by atoms with Gasteiger partial charge in [-0.15, -0.1) is 11.3 Å². The summed E-state index contributed by atoms with van der Waals surface area (Å²) in [5.74, 6) is 0.692. The van der Waals surface area contributed by atoms with Crippen LogP contribution in [0.15, 0.2) is 28.4 Å². The summed E-state index contributed by atoms with van der Waals surface area (Å²) in [4.78, 5) is 34.0. The normalized spacial score (nSPS) is 14.7. The molecule has 2 aromatic rings. The molecule has 6 nitrogen and oxygen atoms in total. The van der Waals surface area contributed by atoms with Crippen LogP contribution in [0.25, 0.3) is 0 Å². The van der Waals surface area contributed by atoms with Gasteiger partial charge in [-0.25, -0.2) is 4.98 Å². The Bertz CT molecular complexity index is 752. The minimum absolute atomic E-state index is 0.0145. The van der Waals surface area contributed by atoms with Crippen molar-refractivity contribution in [3.05, 3.63) is 50.3 Å². The van der Waals surface area contributed by atoms with Gasteiger partial charge in [0.2, 0.25) is 0 Å². The lowest BCUT2D eigenvalue weighted by molar-refractivity contribution is 0.0748. The average Bonchev–Trinajstić information content (AvgIpc) is 2.93. The number of hydrogen-bond donors (Lipinski definition) is 0. The van der Waals surface area contributed by atoms with Gasteiger partial charge in [-0.3, -0.25) is 14.2 Å². The van der Waals surface area contributed by atoms with Crippen LogP contribution in [-0.4, -0.2) is 45.9 Å². The Morgan fingerprint density at radius 3 is 2.91 bits per heavy atom. The molecule has 0 spiro atoms. The van der Waals surface area contributed by atoms with E-state index in [1.165, 1.54) is 11.3 Å². The maximum Gasteiger partial charge on any atom is 0.264 e. The molecule has 0 saturated heterocycles. The molecule has 1 amide bonds. The van der Waals surface area contributed by atoms with E-state index in [-0.39, 0.29) is 11.5 Å². The van der Waals surface area contributed by atoms with Crippen LogP contribution < -0.4 is 5.56 Å². The Hall–Kier alpha value is -1.99. The highest BCUT2D eigenvalue weighted by atomic mass is 32.1. The number of hydrogen-bond acceptors (Lipinski definition) is 5. The zero-order chi connectivity index (χ0) is 16.4. The van der Waals surface area contributed by atoms with E-state index in [0.29, 0.717) is 32.0 Å². The number of amides is 1. The largest absolute Gasteiger partial charge is 0.330 e. The number of fused-ring (bicyclic) bond motifs is 1. The minimum Gasteiger partial charge on any atom is -0.330 e. The van der Waals surface area contributed by atoms with Gasteiger partial charge in [-0.1, -0.05) is 6.07 Å². The summed E-state index contributed by atoms with van der Waals surface area (Å²) in [6, 6.07) is 5.31. The highest BCUT2D eigenvalue weighted by molar-refractivity contribution is 7.12. The first-order valence-corrected chi connectivity index (χ1v) is 8.49. The van der Waals surface area contributed by atoms with Gasteiger partial charge in [0, 0.05) is 25.7 Å². The molecule has 23 heavy (non-hydrogen) atoms. The maximum absolute atomic E-state index is 12.6. The van der Waals surface area contributed by atoms with Crippen molar-refractivity contribution in [2.75, 3.05) is 20.6 Å². The second kappa shape index (κ2) is 6.64. The zero-order valence-corrected chi connectivity index (χ0v) is 14.2. The standard InChI is InChI=1S/C16H20N4O2S/c1-18(2)10-12-9-15(21)20-7-4-6-19(11-14(20)17-12)16(22)13-5-3-8-23-13/h3,5,8-9H,4,6-7,10-11H2,1-2H3. The molecule has 2 aromatic heterocycles. The van der Waals surface area contributed by atoms with Crippen LogP contribution in [0.4, 0.5) is 0 Å². The van der Waals surface area contributed by atoms with E-state index < -0.39 is 0 Å². The van der Waals surface area contributed by atoms with Crippen molar-refractivity contribution in [1.29, 1.82) is 0 Å². The number of rotatable bonds is 3. The molecule has 0 unspecified atom stereocenters. The van der Waals surface area contributed by atoms with E-state index in [4.69, 9.17) is 0 Å². The Balaban J connectivity index is 1.90. The van der Waals surface area contributed by atoms with Crippen molar-refractivity contribution in [2.24, 2.45) is 0 Å². The molecule has 0 bridgehead atoms. The zero-order valence-electron chi connectivity index (χ0n) is 13.4. The lowest BCUT2D eigenvalue weighted by Gasteiger charge is -2.19. The van der Waals surface area contributed by atoms with E-state index in [1.54, 1.807) is 15.5 Å². The van der Waals surface area contributed by atoms with Gasteiger partial charge in [0.1, 0.15) is 5.82 Å². The van der Waals surface area contributed by atoms with Crippen molar-refractivity contribution in [2.45, 2.75) is 26.1 Å². The van der Waals surface area contributed by atoms with Gasteiger partial charge >= 0.3 is 0 Å². The fourth-order valence-corrected chi connectivity index (χ4v) is 3.46. The molecule has 3 heterocycles. The van der Waals surface area contributed by atoms with Crippen LogP contribution in [-0.2, 0) is 19.6 Å². The second-order valence-corrected chi connectivity index (χ2v) is 6.90. The highest BCUT2D eigenvalue weighted by Gasteiger charge is 2.22. The molecule has 122 valence electrons. The highest BCUT2D eigenvalue weighted by Crippen LogP contribution is 2.16. The predicted molar refractivity (Wildman–Crippen MR) is 89.6 cm³/mol. The molecule has 3 rings (SSSR count). The van der Waals surface area contributed by atoms with Crippen LogP contribution in [0.3, 0.4) is 0 Å². The molecular formula is C16H20N4O2S. The van der Waals surface area contributed by atoms with Crippen molar-refractivity contribution in [3.8, 4) is 0 Å². The van der Waals surface area contributed by atoms with E-state index in [0.717, 1.165) is 17.0 Å². The Morgan fingerprint density at radius 2 is 2.22 bits per heavy atom. The third-order valence-corrected chi connectivity index (χ3v) is 4.64. The molecule has 0 radical (unpaired) electrons. The van der Waals surface area contributed by atoms with E-state index in [9.17, 15) is 9.59 Å². The van der Waals surface area contributed by atoms with Crippen molar-refractivity contribution in [1.82, 2.24) is 19.4 Å². The van der Waals surface area contributed by atoms with Crippen molar-refractivity contribution in [3.63, 3.8) is 0 Å². The summed E-state index contributed by atoms with van der Waals surface area (Å²) in [5, 5.41) is 1.90. The lowest BCUT2D eigenvalue weighted by Crippen LogP contribution is -2.32. The van der Waals surface area contributed by atoms with E-state index in [2.05, 4.69) is 4.98 Å². The summed E-state index contributed by atoms with van der Waals surface area (Å²) < 4.78 is 1.70. The molecule has 0 fully saturated rings. The molecule has 0 saturated carbocycles. The summed E-state index contributed by atoms with van der Waals surface area (Å²) >= 11 is 1.44. The number of nitrogens with zero attached hydrogens (tertiary/aromatic N) is 4. The predicted octanol–water partition coefficient (Wildman–Crippen LogP) is 1.41. The van der Waals surface area contributed by atoms with Gasteiger partial charge in [0.25, 0.3) is 11.5 Å². The number of carbonyl (C=O) groups excluding carboxylic acids is 1. The number of thiophene rings is 1. The smallest absolute Gasteiger partial charge is 0.264 e. The molecular weight excluding hydrogens is 312 g/mol. The first-order valence-electron chi connectivity index (χ1n) is 7.62. The summed E-state index contributed by atoms with van der Waals surface area (Å²) in [6.45, 7) is 2.25. The summed E-state index contributed by atoms with van der Waals surface area (Å²) in [5.41, 5.74) is 0.717. The Kier molecular flexibility index (Phi) is 4.58. The van der Waals surface area contributed by atoms with Crippen molar-refractivity contribution < 1.29 is 4.79 Å². The van der Waals surface area contributed by atoms with Crippen LogP contribution in [0, 0.1) is 0 Å². The van der Waals surface area contributed by atoms with Gasteiger partial charge in [0.15, 0.2) is 0 Å². The van der Waals surface area contributed by atoms with Crippen LogP contribution in [0.5, 0.6) is 0 Å². The van der Waals surface area contributed by atoms with Gasteiger partial charge in [-0.2, -0.15) is 0 Å². The summed E-state index contributed by atoms with van der Waals surface area (Å²) in [6.07, 6.45) is 0.763. The third kappa shape index (κ3) is 3.51. The van der Waals surface area contributed by atoms with Crippen LogP contribution in [0.1, 0.15) is 27.6 Å². The molecule has 0 N–H and O–H groups in total. The van der Waals surface area contributed by atoms with Gasteiger partial charge in [0.05, 0.1) is 17.1 Å². The minimum atomic E-state index is -0.0303. The van der Waals surface area contributed by atoms with Crippen molar-refractivity contribution >= 4 is 17.2 Å². The molecule has 1 aliphatic rings. The molecule has 1 aliphatic heterocycles. The second-order valence-electron chi connectivity index (χ2n) is 5.95. The monoisotopic (exact) mass is 332 g/mol. The Labute approximate surface area is 139 Å².